The van der Waals surface area contributed by atoms with Crippen LogP contribution in [0.25, 0.3) is 0 Å². The Morgan fingerprint density at radius 1 is 1.10 bits per heavy atom. The summed E-state index contributed by atoms with van der Waals surface area (Å²) < 4.78 is 29.0. The molecule has 0 bridgehead atoms. The van der Waals surface area contributed by atoms with E-state index in [-0.39, 0.29) is 6.10 Å². The van der Waals surface area contributed by atoms with E-state index in [1.54, 1.807) is 7.11 Å². The quantitative estimate of drug-likeness (QED) is 0.811. The number of fused-ring (bicyclic) bond motifs is 2. The van der Waals surface area contributed by atoms with Gasteiger partial charge in [0.1, 0.15) is 23.9 Å². The SMILES string of the molecule is COC[C@@]12C[C@H]3OC(C)(C)O[C@H]3[C@@H](O)[C@@H]1OC(C)(C)O2. The largest absolute Gasteiger partial charge is 0.387 e. The summed E-state index contributed by atoms with van der Waals surface area (Å²) in [4.78, 5) is 0. The van der Waals surface area contributed by atoms with E-state index < -0.39 is 35.5 Å². The molecule has 2 heterocycles. The lowest BCUT2D eigenvalue weighted by molar-refractivity contribution is -0.185. The Morgan fingerprint density at radius 3 is 2.45 bits per heavy atom. The molecular weight excluding hydrogens is 264 g/mol. The molecule has 3 rings (SSSR count). The van der Waals surface area contributed by atoms with Crippen LogP contribution >= 0.6 is 0 Å². The van der Waals surface area contributed by atoms with Crippen LogP contribution in [-0.4, -0.2) is 60.4 Å². The van der Waals surface area contributed by atoms with Crippen LogP contribution in [0.15, 0.2) is 0 Å². The van der Waals surface area contributed by atoms with Crippen LogP contribution in [0.3, 0.4) is 0 Å². The second-order valence-electron chi connectivity index (χ2n) is 6.87. The maximum atomic E-state index is 10.6. The first-order chi connectivity index (χ1) is 9.18. The number of hydrogen-bond donors (Lipinski definition) is 1. The van der Waals surface area contributed by atoms with E-state index in [1.807, 2.05) is 27.7 Å². The highest BCUT2D eigenvalue weighted by molar-refractivity contribution is 5.11. The predicted octanol–water partition coefficient (Wildman–Crippen LogP) is 0.808. The molecule has 116 valence electrons. The number of aliphatic hydroxyl groups excluding tert-OH is 1. The third-order valence-electron chi connectivity index (χ3n) is 4.18. The first kappa shape index (κ1) is 14.7. The van der Waals surface area contributed by atoms with Crippen molar-refractivity contribution in [1.82, 2.24) is 0 Å². The normalized spacial score (nSPS) is 48.9. The maximum Gasteiger partial charge on any atom is 0.164 e. The average Bonchev–Trinajstić information content (AvgIpc) is 2.72. The van der Waals surface area contributed by atoms with Crippen molar-refractivity contribution < 1.29 is 28.8 Å². The molecule has 0 spiro atoms. The minimum atomic E-state index is -0.799. The van der Waals surface area contributed by atoms with Gasteiger partial charge in [0, 0.05) is 13.5 Å². The first-order valence-electron chi connectivity index (χ1n) is 7.09. The smallest absolute Gasteiger partial charge is 0.164 e. The van der Waals surface area contributed by atoms with E-state index in [4.69, 9.17) is 23.7 Å². The van der Waals surface area contributed by atoms with Crippen molar-refractivity contribution in [2.75, 3.05) is 13.7 Å². The molecule has 0 aromatic heterocycles. The molecule has 20 heavy (non-hydrogen) atoms. The fourth-order valence-corrected chi connectivity index (χ4v) is 3.76. The van der Waals surface area contributed by atoms with Crippen molar-refractivity contribution in [2.45, 2.75) is 75.7 Å². The molecule has 2 aliphatic heterocycles. The van der Waals surface area contributed by atoms with Gasteiger partial charge >= 0.3 is 0 Å². The molecule has 0 amide bonds. The van der Waals surface area contributed by atoms with Gasteiger partial charge < -0.3 is 28.8 Å². The number of ether oxygens (including phenoxy) is 5. The second-order valence-corrected chi connectivity index (χ2v) is 6.87. The van der Waals surface area contributed by atoms with E-state index >= 15 is 0 Å². The van der Waals surface area contributed by atoms with E-state index in [2.05, 4.69) is 0 Å². The van der Waals surface area contributed by atoms with Gasteiger partial charge in [-0.15, -0.1) is 0 Å². The molecule has 5 atom stereocenters. The first-order valence-corrected chi connectivity index (χ1v) is 7.09. The van der Waals surface area contributed by atoms with Crippen molar-refractivity contribution in [3.05, 3.63) is 0 Å². The second kappa shape index (κ2) is 4.38. The third-order valence-corrected chi connectivity index (χ3v) is 4.18. The molecule has 1 aliphatic carbocycles. The molecule has 6 heteroatoms. The van der Waals surface area contributed by atoms with Crippen molar-refractivity contribution in [3.8, 4) is 0 Å². The highest BCUT2D eigenvalue weighted by Gasteiger charge is 2.65. The molecule has 3 fully saturated rings. The van der Waals surface area contributed by atoms with Gasteiger partial charge in [0.25, 0.3) is 0 Å². The van der Waals surface area contributed by atoms with Gasteiger partial charge in [-0.05, 0) is 27.7 Å². The zero-order valence-corrected chi connectivity index (χ0v) is 12.7. The molecule has 0 aromatic rings. The number of aliphatic hydroxyl groups is 1. The van der Waals surface area contributed by atoms with Crippen molar-refractivity contribution in [1.29, 1.82) is 0 Å². The minimum absolute atomic E-state index is 0.219. The van der Waals surface area contributed by atoms with Crippen molar-refractivity contribution >= 4 is 0 Å². The van der Waals surface area contributed by atoms with Gasteiger partial charge in [0.15, 0.2) is 11.6 Å². The fraction of sp³-hybridized carbons (Fsp3) is 1.00. The van der Waals surface area contributed by atoms with Gasteiger partial charge in [0.05, 0.1) is 12.7 Å². The van der Waals surface area contributed by atoms with Crippen LogP contribution in [0.5, 0.6) is 0 Å². The van der Waals surface area contributed by atoms with Crippen molar-refractivity contribution in [2.24, 2.45) is 0 Å². The summed E-state index contributed by atoms with van der Waals surface area (Å²) in [5.74, 6) is -1.45. The monoisotopic (exact) mass is 288 g/mol. The summed E-state index contributed by atoms with van der Waals surface area (Å²) >= 11 is 0. The number of hydrogen-bond acceptors (Lipinski definition) is 6. The highest BCUT2D eigenvalue weighted by atomic mass is 16.8. The Morgan fingerprint density at radius 2 is 1.80 bits per heavy atom. The van der Waals surface area contributed by atoms with Crippen LogP contribution < -0.4 is 0 Å². The van der Waals surface area contributed by atoms with Crippen LogP contribution in [0, 0.1) is 0 Å². The summed E-state index contributed by atoms with van der Waals surface area (Å²) in [7, 11) is 1.62. The van der Waals surface area contributed by atoms with E-state index in [0.29, 0.717) is 13.0 Å². The molecular formula is C14H24O6. The van der Waals surface area contributed by atoms with Gasteiger partial charge in [-0.25, -0.2) is 0 Å². The Labute approximate surface area is 119 Å². The summed E-state index contributed by atoms with van der Waals surface area (Å²) in [6.07, 6.45) is -1.30. The predicted molar refractivity (Wildman–Crippen MR) is 69.1 cm³/mol. The molecule has 1 N–H and O–H groups in total. The minimum Gasteiger partial charge on any atom is -0.387 e. The lowest BCUT2D eigenvalue weighted by Gasteiger charge is -2.42. The van der Waals surface area contributed by atoms with E-state index in [9.17, 15) is 5.11 Å². The maximum absolute atomic E-state index is 10.6. The highest BCUT2D eigenvalue weighted by Crippen LogP contribution is 2.49. The zero-order valence-electron chi connectivity index (χ0n) is 12.7. The fourth-order valence-electron chi connectivity index (χ4n) is 3.76. The lowest BCUT2D eigenvalue weighted by Crippen LogP contribution is -2.62. The molecule has 0 unspecified atom stereocenters. The van der Waals surface area contributed by atoms with Crippen LogP contribution in [0.4, 0.5) is 0 Å². The van der Waals surface area contributed by atoms with Gasteiger partial charge in [-0.3, -0.25) is 0 Å². The molecule has 2 saturated heterocycles. The van der Waals surface area contributed by atoms with Crippen molar-refractivity contribution in [3.63, 3.8) is 0 Å². The van der Waals surface area contributed by atoms with E-state index in [1.165, 1.54) is 0 Å². The molecule has 0 radical (unpaired) electrons. The summed E-state index contributed by atoms with van der Waals surface area (Å²) in [6, 6.07) is 0. The standard InChI is InChI=1S/C14H24O6/c1-12(2)17-8-6-14(7-16-5)11(9(15)10(8)18-12)19-13(3,4)20-14/h8-11,15H,6-7H2,1-5H3/t8-,9-,10-,11+,14+/m1/s1. The third kappa shape index (κ3) is 2.19. The molecule has 1 saturated carbocycles. The molecule has 6 nitrogen and oxygen atoms in total. The van der Waals surface area contributed by atoms with Gasteiger partial charge in [0.2, 0.25) is 0 Å². The van der Waals surface area contributed by atoms with Crippen LogP contribution in [-0.2, 0) is 23.7 Å². The lowest BCUT2D eigenvalue weighted by atomic mass is 9.77. The summed E-state index contributed by atoms with van der Waals surface area (Å²) in [5.41, 5.74) is -0.692. The summed E-state index contributed by atoms with van der Waals surface area (Å²) in [5, 5.41) is 10.6. The molecule has 3 aliphatic rings. The van der Waals surface area contributed by atoms with Gasteiger partial charge in [-0.2, -0.15) is 0 Å². The zero-order chi connectivity index (χ0) is 14.8. The van der Waals surface area contributed by atoms with Crippen LogP contribution in [0.1, 0.15) is 34.1 Å². The Balaban J connectivity index is 1.91. The summed E-state index contributed by atoms with van der Waals surface area (Å²) in [6.45, 7) is 7.74. The topological polar surface area (TPSA) is 66.4 Å². The number of methoxy groups -OCH3 is 1. The Bertz CT molecular complexity index is 395. The Kier molecular flexibility index (Phi) is 3.22. The van der Waals surface area contributed by atoms with E-state index in [0.717, 1.165) is 0 Å². The average molecular weight is 288 g/mol. The Hall–Kier alpha value is -0.240. The van der Waals surface area contributed by atoms with Gasteiger partial charge in [-0.1, -0.05) is 0 Å². The number of rotatable bonds is 2. The van der Waals surface area contributed by atoms with Crippen LogP contribution in [0.2, 0.25) is 0 Å². The molecule has 0 aromatic carbocycles.